The molecule has 78 valence electrons. The Morgan fingerprint density at radius 1 is 1.40 bits per heavy atom. The van der Waals surface area contributed by atoms with Crippen LogP contribution in [0.1, 0.15) is 12.0 Å². The molecule has 0 bridgehead atoms. The number of aliphatic hydroxyl groups is 1. The molecule has 1 aliphatic rings. The number of hydrogen-bond acceptors (Lipinski definition) is 2. The average molecular weight is 203 g/mol. The maximum absolute atomic E-state index is 11.5. The summed E-state index contributed by atoms with van der Waals surface area (Å²) in [6.45, 7) is 4.11. The molecule has 1 heterocycles. The van der Waals surface area contributed by atoms with E-state index in [0.717, 1.165) is 5.56 Å². The molecule has 1 amide bonds. The van der Waals surface area contributed by atoms with Crippen molar-refractivity contribution in [2.45, 2.75) is 19.2 Å². The summed E-state index contributed by atoms with van der Waals surface area (Å²) in [5, 5.41) is 9.69. The fourth-order valence-corrected chi connectivity index (χ4v) is 1.70. The van der Waals surface area contributed by atoms with Crippen LogP contribution in [-0.2, 0) is 11.3 Å². The van der Waals surface area contributed by atoms with Gasteiger partial charge < -0.3 is 10.0 Å². The van der Waals surface area contributed by atoms with Crippen LogP contribution in [0, 0.1) is 0 Å². The number of benzene rings is 1. The number of carbonyl (C=O) groups is 1. The van der Waals surface area contributed by atoms with Crippen LogP contribution in [0.2, 0.25) is 0 Å². The van der Waals surface area contributed by atoms with Gasteiger partial charge in [0.05, 0.1) is 6.42 Å². The molecule has 3 nitrogen and oxygen atoms in total. The van der Waals surface area contributed by atoms with Gasteiger partial charge in [-0.05, 0) is 11.1 Å². The second kappa shape index (κ2) is 3.87. The highest BCUT2D eigenvalue weighted by molar-refractivity contribution is 5.82. The molecule has 1 aliphatic heterocycles. The maximum atomic E-state index is 11.5. The summed E-state index contributed by atoms with van der Waals surface area (Å²) in [5.41, 5.74) is 1.59. The highest BCUT2D eigenvalue weighted by Crippen LogP contribution is 2.23. The minimum absolute atomic E-state index is 0.0589. The summed E-state index contributed by atoms with van der Waals surface area (Å²) in [7, 11) is 0. The third-order valence-corrected chi connectivity index (χ3v) is 2.55. The Balaban J connectivity index is 2.13. The van der Waals surface area contributed by atoms with Crippen LogP contribution in [-0.4, -0.2) is 22.1 Å². The van der Waals surface area contributed by atoms with E-state index in [-0.39, 0.29) is 12.3 Å². The Kier molecular flexibility index (Phi) is 2.56. The zero-order valence-corrected chi connectivity index (χ0v) is 8.39. The highest BCUT2D eigenvalue weighted by Gasteiger charge is 2.32. The monoisotopic (exact) mass is 203 g/mol. The molecular weight excluding hydrogens is 190 g/mol. The second-order valence-corrected chi connectivity index (χ2v) is 3.72. The fourth-order valence-electron chi connectivity index (χ4n) is 1.70. The van der Waals surface area contributed by atoms with E-state index in [4.69, 9.17) is 0 Å². The van der Waals surface area contributed by atoms with Crippen LogP contribution in [0.25, 0.3) is 0 Å². The summed E-state index contributed by atoms with van der Waals surface area (Å²) in [6, 6.07) is 9.61. The van der Waals surface area contributed by atoms with Gasteiger partial charge in [-0.25, -0.2) is 0 Å². The van der Waals surface area contributed by atoms with Gasteiger partial charge in [0.15, 0.2) is 6.23 Å². The summed E-state index contributed by atoms with van der Waals surface area (Å²) >= 11 is 0. The normalized spacial score (nSPS) is 21.1. The van der Waals surface area contributed by atoms with Gasteiger partial charge in [-0.1, -0.05) is 36.9 Å². The van der Waals surface area contributed by atoms with Gasteiger partial charge in [0.1, 0.15) is 0 Å². The van der Waals surface area contributed by atoms with E-state index in [1.54, 1.807) is 0 Å². The summed E-state index contributed by atoms with van der Waals surface area (Å²) in [4.78, 5) is 12.9. The van der Waals surface area contributed by atoms with Crippen LogP contribution in [0.4, 0.5) is 0 Å². The van der Waals surface area contributed by atoms with Gasteiger partial charge in [-0.2, -0.15) is 0 Å². The molecule has 1 atom stereocenters. The van der Waals surface area contributed by atoms with Crippen LogP contribution in [0.5, 0.6) is 0 Å². The lowest BCUT2D eigenvalue weighted by Gasteiger charge is -2.20. The number of rotatable bonds is 2. The minimum Gasteiger partial charge on any atom is -0.369 e. The zero-order chi connectivity index (χ0) is 10.8. The highest BCUT2D eigenvalue weighted by atomic mass is 16.3. The van der Waals surface area contributed by atoms with E-state index >= 15 is 0 Å². The van der Waals surface area contributed by atoms with Gasteiger partial charge in [-0.15, -0.1) is 0 Å². The lowest BCUT2D eigenvalue weighted by atomic mass is 10.2. The molecule has 1 N–H and O–H groups in total. The molecule has 0 aliphatic carbocycles. The zero-order valence-electron chi connectivity index (χ0n) is 8.39. The molecule has 1 unspecified atom stereocenters. The summed E-state index contributed by atoms with van der Waals surface area (Å²) in [6.07, 6.45) is -0.564. The first-order valence-corrected chi connectivity index (χ1v) is 4.87. The average Bonchev–Trinajstić information content (AvgIpc) is 2.47. The van der Waals surface area contributed by atoms with Crippen LogP contribution in [0.15, 0.2) is 42.5 Å². The molecule has 0 radical (unpaired) electrons. The first-order valence-electron chi connectivity index (χ1n) is 4.87. The maximum Gasteiger partial charge on any atom is 0.229 e. The SMILES string of the molecule is C=C1CC(=O)N(Cc2ccccc2)C1O. The van der Waals surface area contributed by atoms with Crippen molar-refractivity contribution >= 4 is 5.91 Å². The Morgan fingerprint density at radius 3 is 2.60 bits per heavy atom. The number of aliphatic hydroxyl groups excluding tert-OH is 1. The largest absolute Gasteiger partial charge is 0.369 e. The number of nitrogens with zero attached hydrogens (tertiary/aromatic N) is 1. The molecule has 0 saturated carbocycles. The van der Waals surface area contributed by atoms with Gasteiger partial charge in [-0.3, -0.25) is 4.79 Å². The van der Waals surface area contributed by atoms with Crippen molar-refractivity contribution in [1.82, 2.24) is 4.90 Å². The standard InChI is InChI=1S/C12H13NO2/c1-9-7-11(14)13(12(9)15)8-10-5-3-2-4-6-10/h2-6,12,15H,1,7-8H2. The van der Waals surface area contributed by atoms with Gasteiger partial charge in [0, 0.05) is 6.54 Å². The molecule has 1 saturated heterocycles. The first kappa shape index (κ1) is 9.93. The number of amides is 1. The molecule has 1 aromatic rings. The first-order chi connectivity index (χ1) is 7.18. The topological polar surface area (TPSA) is 40.5 Å². The van der Waals surface area contributed by atoms with E-state index in [1.807, 2.05) is 30.3 Å². The predicted octanol–water partition coefficient (Wildman–Crippen LogP) is 1.29. The van der Waals surface area contributed by atoms with Crippen molar-refractivity contribution in [3.05, 3.63) is 48.0 Å². The van der Waals surface area contributed by atoms with Crippen molar-refractivity contribution < 1.29 is 9.90 Å². The third kappa shape index (κ3) is 1.92. The van der Waals surface area contributed by atoms with Crippen molar-refractivity contribution in [3.8, 4) is 0 Å². The quantitative estimate of drug-likeness (QED) is 0.736. The van der Waals surface area contributed by atoms with E-state index in [0.29, 0.717) is 12.1 Å². The molecule has 1 fully saturated rings. The number of hydrogen-bond donors (Lipinski definition) is 1. The number of likely N-dealkylation sites (tertiary alicyclic amines) is 1. The lowest BCUT2D eigenvalue weighted by molar-refractivity contribution is -0.133. The van der Waals surface area contributed by atoms with Crippen molar-refractivity contribution in [2.24, 2.45) is 0 Å². The van der Waals surface area contributed by atoms with Crippen LogP contribution in [0.3, 0.4) is 0 Å². The van der Waals surface area contributed by atoms with Crippen molar-refractivity contribution in [3.63, 3.8) is 0 Å². The molecular formula is C12H13NO2. The lowest BCUT2D eigenvalue weighted by Crippen LogP contribution is -2.32. The van der Waals surface area contributed by atoms with Gasteiger partial charge in [0.25, 0.3) is 0 Å². The smallest absolute Gasteiger partial charge is 0.229 e. The Bertz CT molecular complexity index is 386. The van der Waals surface area contributed by atoms with Crippen molar-refractivity contribution in [2.75, 3.05) is 0 Å². The van der Waals surface area contributed by atoms with E-state index in [9.17, 15) is 9.90 Å². The third-order valence-electron chi connectivity index (χ3n) is 2.55. The fraction of sp³-hybridized carbons (Fsp3) is 0.250. The number of carbonyl (C=O) groups excluding carboxylic acids is 1. The molecule has 0 aromatic heterocycles. The molecule has 2 rings (SSSR count). The van der Waals surface area contributed by atoms with E-state index in [1.165, 1.54) is 4.90 Å². The Labute approximate surface area is 88.6 Å². The van der Waals surface area contributed by atoms with Crippen LogP contribution < -0.4 is 0 Å². The molecule has 1 aromatic carbocycles. The van der Waals surface area contributed by atoms with Gasteiger partial charge in [0.2, 0.25) is 5.91 Å². The second-order valence-electron chi connectivity index (χ2n) is 3.72. The Hall–Kier alpha value is -1.61. The predicted molar refractivity (Wildman–Crippen MR) is 56.8 cm³/mol. The van der Waals surface area contributed by atoms with Gasteiger partial charge >= 0.3 is 0 Å². The van der Waals surface area contributed by atoms with E-state index in [2.05, 4.69) is 6.58 Å². The Morgan fingerprint density at radius 2 is 2.07 bits per heavy atom. The molecule has 0 spiro atoms. The summed E-state index contributed by atoms with van der Waals surface area (Å²) in [5.74, 6) is -0.0589. The molecule has 15 heavy (non-hydrogen) atoms. The summed E-state index contributed by atoms with van der Waals surface area (Å²) < 4.78 is 0. The van der Waals surface area contributed by atoms with Crippen LogP contribution >= 0.6 is 0 Å². The van der Waals surface area contributed by atoms with Crippen molar-refractivity contribution in [1.29, 1.82) is 0 Å². The molecule has 3 heteroatoms. The van der Waals surface area contributed by atoms with E-state index < -0.39 is 6.23 Å². The minimum atomic E-state index is -0.822.